The Bertz CT molecular complexity index is 1220. The second kappa shape index (κ2) is 7.86. The third kappa shape index (κ3) is 4.27. The van der Waals surface area contributed by atoms with Crippen LogP contribution in [0.2, 0.25) is 0 Å². The average Bonchev–Trinajstić information content (AvgIpc) is 3.46. The Morgan fingerprint density at radius 2 is 1.94 bits per heavy atom. The van der Waals surface area contributed by atoms with Crippen molar-refractivity contribution in [3.8, 4) is 11.4 Å². The van der Waals surface area contributed by atoms with E-state index in [1.165, 1.54) is 12.1 Å². The largest absolute Gasteiger partial charge is 0.467 e. The maximum Gasteiger partial charge on any atom is 0.416 e. The molecule has 4 aromatic rings. The number of ketones is 1. The van der Waals surface area contributed by atoms with Gasteiger partial charge in [-0.25, -0.2) is 0 Å². The molecule has 0 unspecified atom stereocenters. The van der Waals surface area contributed by atoms with Crippen LogP contribution in [0, 0.1) is 13.8 Å². The molecular formula is C21H18F3N5O2. The summed E-state index contributed by atoms with van der Waals surface area (Å²) in [6, 6.07) is 10.1. The molecule has 1 aromatic carbocycles. The topological polar surface area (TPSA) is 78.7 Å². The highest BCUT2D eigenvalue weighted by Crippen LogP contribution is 2.31. The predicted molar refractivity (Wildman–Crippen MR) is 104 cm³/mol. The van der Waals surface area contributed by atoms with E-state index in [9.17, 15) is 18.0 Å². The Labute approximate surface area is 175 Å². The fraction of sp³-hybridized carbons (Fsp3) is 0.238. The number of hydrogen-bond acceptors (Lipinski definition) is 5. The van der Waals surface area contributed by atoms with Gasteiger partial charge < -0.3 is 8.98 Å². The van der Waals surface area contributed by atoms with E-state index in [2.05, 4.69) is 15.4 Å². The number of Topliss-reactive ketones (excluding diaryl/α,β-unsaturated/α-hetero) is 1. The fourth-order valence-corrected chi connectivity index (χ4v) is 3.36. The lowest BCUT2D eigenvalue weighted by molar-refractivity contribution is -0.137. The molecule has 31 heavy (non-hydrogen) atoms. The Kier molecular flexibility index (Phi) is 5.22. The van der Waals surface area contributed by atoms with Gasteiger partial charge in [-0.3, -0.25) is 4.79 Å². The van der Waals surface area contributed by atoms with Crippen molar-refractivity contribution in [2.75, 3.05) is 0 Å². The van der Waals surface area contributed by atoms with Gasteiger partial charge in [0.25, 0.3) is 0 Å². The molecule has 0 amide bonds. The predicted octanol–water partition coefficient (Wildman–Crippen LogP) is 4.30. The van der Waals surface area contributed by atoms with E-state index >= 15 is 0 Å². The van der Waals surface area contributed by atoms with E-state index in [0.717, 1.165) is 34.1 Å². The first-order valence-electron chi connectivity index (χ1n) is 9.40. The number of tetrazole rings is 1. The summed E-state index contributed by atoms with van der Waals surface area (Å²) < 4.78 is 46.1. The summed E-state index contributed by atoms with van der Waals surface area (Å²) in [6.07, 6.45) is -2.88. The van der Waals surface area contributed by atoms with Gasteiger partial charge in [-0.05, 0) is 49.4 Å². The lowest BCUT2D eigenvalue weighted by atomic mass is 10.1. The minimum Gasteiger partial charge on any atom is -0.467 e. The number of nitrogens with zero attached hydrogens (tertiary/aromatic N) is 5. The molecular weight excluding hydrogens is 411 g/mol. The summed E-state index contributed by atoms with van der Waals surface area (Å²) in [5.41, 5.74) is 1.55. The zero-order valence-corrected chi connectivity index (χ0v) is 16.7. The van der Waals surface area contributed by atoms with Crippen molar-refractivity contribution >= 4 is 5.78 Å². The van der Waals surface area contributed by atoms with Crippen molar-refractivity contribution in [2.45, 2.75) is 33.1 Å². The van der Waals surface area contributed by atoms with Gasteiger partial charge in [0.1, 0.15) is 12.3 Å². The standard InChI is InChI=1S/C21H18F3N5O2/c1-13-9-18(14(2)28(13)11-17-7-4-8-31-17)19(30)12-29-26-20(25-27-29)15-5-3-6-16(10-15)21(22,23)24/h3-10H,11-12H2,1-2H3. The van der Waals surface area contributed by atoms with Crippen molar-refractivity contribution in [2.24, 2.45) is 0 Å². The number of benzene rings is 1. The van der Waals surface area contributed by atoms with E-state index in [1.807, 2.05) is 24.5 Å². The number of hydrogen-bond donors (Lipinski definition) is 0. The summed E-state index contributed by atoms with van der Waals surface area (Å²) in [6.45, 7) is 4.05. The third-order valence-electron chi connectivity index (χ3n) is 4.95. The molecule has 0 bridgehead atoms. The van der Waals surface area contributed by atoms with Crippen LogP contribution in [0.3, 0.4) is 0 Å². The Morgan fingerprint density at radius 1 is 1.13 bits per heavy atom. The van der Waals surface area contributed by atoms with Crippen LogP contribution in [-0.2, 0) is 19.3 Å². The molecule has 160 valence electrons. The van der Waals surface area contributed by atoms with Gasteiger partial charge in [0.2, 0.25) is 5.82 Å². The van der Waals surface area contributed by atoms with E-state index in [0.29, 0.717) is 12.1 Å². The minimum atomic E-state index is -4.47. The lowest BCUT2D eigenvalue weighted by Crippen LogP contribution is -2.14. The van der Waals surface area contributed by atoms with Gasteiger partial charge in [0.15, 0.2) is 5.78 Å². The fourth-order valence-electron chi connectivity index (χ4n) is 3.36. The lowest BCUT2D eigenvalue weighted by Gasteiger charge is -2.07. The molecule has 0 aliphatic carbocycles. The number of alkyl halides is 3. The van der Waals surface area contributed by atoms with Crippen LogP contribution in [0.4, 0.5) is 13.2 Å². The molecule has 4 rings (SSSR count). The zero-order valence-electron chi connectivity index (χ0n) is 16.7. The molecule has 3 aromatic heterocycles. The number of carbonyl (C=O) groups is 1. The number of aromatic nitrogens is 5. The van der Waals surface area contributed by atoms with Crippen molar-refractivity contribution in [3.63, 3.8) is 0 Å². The summed E-state index contributed by atoms with van der Waals surface area (Å²) in [5.74, 6) is 0.554. The molecule has 10 heteroatoms. The summed E-state index contributed by atoms with van der Waals surface area (Å²) in [5, 5.41) is 11.7. The van der Waals surface area contributed by atoms with Crippen LogP contribution < -0.4 is 0 Å². The highest BCUT2D eigenvalue weighted by Gasteiger charge is 2.30. The average molecular weight is 429 g/mol. The molecule has 0 aliphatic heterocycles. The maximum atomic E-state index is 12.9. The molecule has 7 nitrogen and oxygen atoms in total. The first-order valence-corrected chi connectivity index (χ1v) is 9.40. The number of carbonyl (C=O) groups excluding carboxylic acids is 1. The molecule has 3 heterocycles. The van der Waals surface area contributed by atoms with E-state index < -0.39 is 11.7 Å². The van der Waals surface area contributed by atoms with Gasteiger partial charge in [0, 0.05) is 22.5 Å². The first kappa shape index (κ1) is 20.6. The summed E-state index contributed by atoms with van der Waals surface area (Å²) in [7, 11) is 0. The highest BCUT2D eigenvalue weighted by molar-refractivity contribution is 5.97. The van der Waals surface area contributed by atoms with Gasteiger partial charge in [-0.2, -0.15) is 18.0 Å². The first-order chi connectivity index (χ1) is 14.7. The molecule has 0 aliphatic rings. The maximum absolute atomic E-state index is 12.9. The van der Waals surface area contributed by atoms with E-state index in [4.69, 9.17) is 4.42 Å². The van der Waals surface area contributed by atoms with Gasteiger partial charge in [-0.1, -0.05) is 12.1 Å². The van der Waals surface area contributed by atoms with Crippen molar-refractivity contribution in [1.82, 2.24) is 24.8 Å². The minimum absolute atomic E-state index is 0.0159. The van der Waals surface area contributed by atoms with Crippen LogP contribution in [0.5, 0.6) is 0 Å². The van der Waals surface area contributed by atoms with Gasteiger partial charge >= 0.3 is 6.18 Å². The number of aryl methyl sites for hydroxylation is 1. The quantitative estimate of drug-likeness (QED) is 0.427. The van der Waals surface area contributed by atoms with Crippen molar-refractivity contribution in [3.05, 3.63) is 77.0 Å². The molecule has 0 atom stereocenters. The number of halogens is 3. The SMILES string of the molecule is Cc1cc(C(=O)Cn2nnc(-c3cccc(C(F)(F)F)c3)n2)c(C)n1Cc1ccco1. The smallest absolute Gasteiger partial charge is 0.416 e. The molecule has 0 saturated heterocycles. The van der Waals surface area contributed by atoms with Crippen LogP contribution in [-0.4, -0.2) is 30.6 Å². The zero-order chi connectivity index (χ0) is 22.2. The number of furan rings is 1. The van der Waals surface area contributed by atoms with Crippen molar-refractivity contribution in [1.29, 1.82) is 0 Å². The second-order valence-corrected chi connectivity index (χ2v) is 7.10. The molecule has 0 fully saturated rings. The van der Waals surface area contributed by atoms with Crippen LogP contribution in [0.15, 0.2) is 53.1 Å². The molecule has 0 saturated carbocycles. The Balaban J connectivity index is 1.52. The van der Waals surface area contributed by atoms with E-state index in [1.54, 1.807) is 18.4 Å². The normalized spacial score (nSPS) is 11.8. The van der Waals surface area contributed by atoms with E-state index in [-0.39, 0.29) is 23.7 Å². The highest BCUT2D eigenvalue weighted by atomic mass is 19.4. The monoisotopic (exact) mass is 429 g/mol. The number of rotatable bonds is 6. The second-order valence-electron chi connectivity index (χ2n) is 7.10. The van der Waals surface area contributed by atoms with Crippen molar-refractivity contribution < 1.29 is 22.4 Å². The van der Waals surface area contributed by atoms with Gasteiger partial charge in [-0.15, -0.1) is 10.2 Å². The van der Waals surface area contributed by atoms with Gasteiger partial charge in [0.05, 0.1) is 18.4 Å². The Morgan fingerprint density at radius 3 is 2.65 bits per heavy atom. The summed E-state index contributed by atoms with van der Waals surface area (Å²) >= 11 is 0. The summed E-state index contributed by atoms with van der Waals surface area (Å²) in [4.78, 5) is 13.9. The van der Waals surface area contributed by atoms with Crippen LogP contribution in [0.25, 0.3) is 11.4 Å². The Hall–Kier alpha value is -3.69. The molecule has 0 radical (unpaired) electrons. The molecule has 0 N–H and O–H groups in total. The van der Waals surface area contributed by atoms with Crippen LogP contribution in [0.1, 0.15) is 33.1 Å². The molecule has 0 spiro atoms. The van der Waals surface area contributed by atoms with Crippen LogP contribution >= 0.6 is 0 Å². The third-order valence-corrected chi connectivity index (χ3v) is 4.95.